The fraction of sp³-hybridized carbons (Fsp3) is 0.190. The number of aliphatic hydroxyl groups is 1. The van der Waals surface area contributed by atoms with Crippen molar-refractivity contribution < 1.29 is 5.11 Å². The van der Waals surface area contributed by atoms with Crippen molar-refractivity contribution in [3.05, 3.63) is 71.5 Å². The maximum atomic E-state index is 9.81. The maximum Gasteiger partial charge on any atom is 0.227 e. The van der Waals surface area contributed by atoms with Gasteiger partial charge >= 0.3 is 0 Å². The van der Waals surface area contributed by atoms with Crippen molar-refractivity contribution >= 4 is 28.4 Å². The van der Waals surface area contributed by atoms with E-state index in [4.69, 9.17) is 0 Å². The number of aromatic amines is 1. The highest BCUT2D eigenvalue weighted by molar-refractivity contribution is 5.82. The molecule has 0 aliphatic carbocycles. The lowest BCUT2D eigenvalue weighted by Crippen LogP contribution is -2.17. The molecule has 0 saturated heterocycles. The van der Waals surface area contributed by atoms with Gasteiger partial charge < -0.3 is 15.3 Å². The van der Waals surface area contributed by atoms with Crippen LogP contribution in [-0.2, 0) is 13.1 Å². The smallest absolute Gasteiger partial charge is 0.227 e. The molecule has 1 atom stereocenters. The quantitative estimate of drug-likeness (QED) is 0.506. The Labute approximate surface area is 162 Å². The summed E-state index contributed by atoms with van der Waals surface area (Å²) in [4.78, 5) is 11.3. The van der Waals surface area contributed by atoms with Crippen molar-refractivity contribution in [2.45, 2.75) is 26.1 Å². The first-order valence-corrected chi connectivity index (χ1v) is 9.23. The van der Waals surface area contributed by atoms with Gasteiger partial charge in [0.2, 0.25) is 5.95 Å². The molecule has 5 rings (SSSR count). The lowest BCUT2D eigenvalue weighted by atomic mass is 10.0. The van der Waals surface area contributed by atoms with E-state index >= 15 is 0 Å². The van der Waals surface area contributed by atoms with Gasteiger partial charge in [0.1, 0.15) is 5.82 Å². The van der Waals surface area contributed by atoms with Crippen LogP contribution >= 0.6 is 0 Å². The number of H-pyrrole nitrogens is 1. The predicted molar refractivity (Wildman–Crippen MR) is 108 cm³/mol. The van der Waals surface area contributed by atoms with Crippen molar-refractivity contribution in [1.82, 2.24) is 20.2 Å². The molecule has 7 heteroatoms. The second-order valence-corrected chi connectivity index (χ2v) is 7.10. The van der Waals surface area contributed by atoms with E-state index in [1.54, 1.807) is 19.3 Å². The van der Waals surface area contributed by atoms with Crippen molar-refractivity contribution in [2.75, 3.05) is 10.2 Å². The molecule has 0 bridgehead atoms. The molecule has 0 saturated carbocycles. The molecule has 1 unspecified atom stereocenters. The van der Waals surface area contributed by atoms with Crippen LogP contribution < -0.4 is 10.2 Å². The summed E-state index contributed by atoms with van der Waals surface area (Å²) in [5, 5.41) is 21.2. The molecule has 2 aromatic carbocycles. The Balaban J connectivity index is 1.37. The molecule has 0 amide bonds. The average Bonchev–Trinajstić information content (AvgIpc) is 3.33. The number of anilines is 3. The summed E-state index contributed by atoms with van der Waals surface area (Å²) >= 11 is 0. The molecule has 3 heterocycles. The molecular weight excluding hydrogens is 352 g/mol. The number of rotatable bonds is 4. The van der Waals surface area contributed by atoms with E-state index in [2.05, 4.69) is 42.5 Å². The molecule has 7 nitrogen and oxygen atoms in total. The van der Waals surface area contributed by atoms with Crippen LogP contribution in [0.3, 0.4) is 0 Å². The number of fused-ring (bicyclic) bond motifs is 2. The van der Waals surface area contributed by atoms with Crippen molar-refractivity contribution in [1.29, 1.82) is 0 Å². The molecule has 0 radical (unpaired) electrons. The SMILES string of the molecule is CC(O)c1ccc2c(c1)CN(c1nccc(Nc3ccc4[nH]ncc4c3)n1)C2. The third kappa shape index (κ3) is 3.05. The summed E-state index contributed by atoms with van der Waals surface area (Å²) in [6.07, 6.45) is 3.11. The summed E-state index contributed by atoms with van der Waals surface area (Å²) in [5.41, 5.74) is 5.35. The molecule has 1 aliphatic rings. The molecule has 0 fully saturated rings. The van der Waals surface area contributed by atoms with Gasteiger partial charge in [0, 0.05) is 30.4 Å². The van der Waals surface area contributed by atoms with Crippen LogP contribution in [-0.4, -0.2) is 25.3 Å². The standard InChI is InChI=1S/C21H20N6O/c1-13(28)14-2-3-15-11-27(12-17(15)8-14)21-22-7-6-20(25-21)24-18-4-5-19-16(9-18)10-23-26-19/h2-10,13,28H,11-12H2,1H3,(H,23,26)(H,22,24,25). The van der Waals surface area contributed by atoms with Gasteiger partial charge in [0.25, 0.3) is 0 Å². The first-order valence-electron chi connectivity index (χ1n) is 9.23. The zero-order valence-electron chi connectivity index (χ0n) is 15.4. The van der Waals surface area contributed by atoms with Crippen molar-refractivity contribution in [3.8, 4) is 0 Å². The van der Waals surface area contributed by atoms with Crippen LogP contribution in [0, 0.1) is 0 Å². The van der Waals surface area contributed by atoms with Crippen LogP contribution in [0.15, 0.2) is 54.9 Å². The number of benzene rings is 2. The number of nitrogens with one attached hydrogen (secondary N) is 2. The molecular formula is C21H20N6O. The molecule has 0 spiro atoms. The molecule has 4 aromatic rings. The van der Waals surface area contributed by atoms with E-state index in [-0.39, 0.29) is 0 Å². The van der Waals surface area contributed by atoms with E-state index in [0.717, 1.165) is 41.1 Å². The fourth-order valence-electron chi connectivity index (χ4n) is 3.55. The van der Waals surface area contributed by atoms with E-state index in [1.165, 1.54) is 11.1 Å². The van der Waals surface area contributed by atoms with Gasteiger partial charge in [-0.1, -0.05) is 18.2 Å². The van der Waals surface area contributed by atoms with Gasteiger partial charge in [0.05, 0.1) is 17.8 Å². The van der Waals surface area contributed by atoms with Crippen molar-refractivity contribution in [3.63, 3.8) is 0 Å². The van der Waals surface area contributed by atoms with Crippen LogP contribution in [0.1, 0.15) is 29.7 Å². The largest absolute Gasteiger partial charge is 0.389 e. The maximum absolute atomic E-state index is 9.81. The number of hydrogen-bond acceptors (Lipinski definition) is 6. The van der Waals surface area contributed by atoms with E-state index in [0.29, 0.717) is 5.95 Å². The van der Waals surface area contributed by atoms with Gasteiger partial charge in [-0.15, -0.1) is 0 Å². The minimum atomic E-state index is -0.462. The Kier molecular flexibility index (Phi) is 3.95. The van der Waals surface area contributed by atoms with Gasteiger partial charge in [-0.25, -0.2) is 4.98 Å². The van der Waals surface area contributed by atoms with E-state index < -0.39 is 6.10 Å². The Morgan fingerprint density at radius 2 is 2.00 bits per heavy atom. The second-order valence-electron chi connectivity index (χ2n) is 7.10. The Morgan fingerprint density at radius 1 is 1.11 bits per heavy atom. The zero-order chi connectivity index (χ0) is 19.1. The first-order chi connectivity index (χ1) is 13.7. The Bertz CT molecular complexity index is 1150. The molecule has 28 heavy (non-hydrogen) atoms. The number of hydrogen-bond donors (Lipinski definition) is 3. The lowest BCUT2D eigenvalue weighted by molar-refractivity contribution is 0.199. The summed E-state index contributed by atoms with van der Waals surface area (Å²) in [7, 11) is 0. The summed E-state index contributed by atoms with van der Waals surface area (Å²) in [6.45, 7) is 3.29. The predicted octanol–water partition coefficient (Wildman–Crippen LogP) is 3.67. The third-order valence-corrected chi connectivity index (χ3v) is 5.07. The molecule has 2 aromatic heterocycles. The van der Waals surface area contributed by atoms with Crippen molar-refractivity contribution in [2.24, 2.45) is 0 Å². The third-order valence-electron chi connectivity index (χ3n) is 5.07. The number of nitrogens with zero attached hydrogens (tertiary/aromatic N) is 4. The monoisotopic (exact) mass is 372 g/mol. The Hall–Kier alpha value is -3.45. The zero-order valence-corrected chi connectivity index (χ0v) is 15.4. The van der Waals surface area contributed by atoms with Crippen LogP contribution in [0.2, 0.25) is 0 Å². The Morgan fingerprint density at radius 3 is 2.89 bits per heavy atom. The van der Waals surface area contributed by atoms with Gasteiger partial charge in [-0.05, 0) is 47.9 Å². The molecule has 1 aliphatic heterocycles. The van der Waals surface area contributed by atoms with E-state index in [9.17, 15) is 5.11 Å². The summed E-state index contributed by atoms with van der Waals surface area (Å²) in [6, 6.07) is 14.0. The molecule has 3 N–H and O–H groups in total. The summed E-state index contributed by atoms with van der Waals surface area (Å²) in [5.74, 6) is 1.43. The summed E-state index contributed by atoms with van der Waals surface area (Å²) < 4.78 is 0. The highest BCUT2D eigenvalue weighted by Crippen LogP contribution is 2.29. The lowest BCUT2D eigenvalue weighted by Gasteiger charge is -2.16. The van der Waals surface area contributed by atoms with Gasteiger partial charge in [0.15, 0.2) is 0 Å². The number of aromatic nitrogens is 4. The van der Waals surface area contributed by atoms with Gasteiger partial charge in [-0.3, -0.25) is 5.10 Å². The minimum Gasteiger partial charge on any atom is -0.389 e. The van der Waals surface area contributed by atoms with Crippen LogP contribution in [0.4, 0.5) is 17.5 Å². The average molecular weight is 372 g/mol. The highest BCUT2D eigenvalue weighted by atomic mass is 16.3. The highest BCUT2D eigenvalue weighted by Gasteiger charge is 2.22. The first kappa shape index (κ1) is 16.7. The van der Waals surface area contributed by atoms with Crippen LogP contribution in [0.5, 0.6) is 0 Å². The second kappa shape index (κ2) is 6.61. The fourth-order valence-corrected chi connectivity index (χ4v) is 3.55. The van der Waals surface area contributed by atoms with E-state index in [1.807, 2.05) is 30.3 Å². The number of aliphatic hydroxyl groups excluding tert-OH is 1. The molecule has 140 valence electrons. The van der Waals surface area contributed by atoms with Gasteiger partial charge in [-0.2, -0.15) is 10.1 Å². The minimum absolute atomic E-state index is 0.462. The van der Waals surface area contributed by atoms with Crippen LogP contribution in [0.25, 0.3) is 10.9 Å². The normalized spacial score (nSPS) is 14.3. The topological polar surface area (TPSA) is 90.0 Å².